The minimum atomic E-state index is -1.19. The Labute approximate surface area is 202 Å². The van der Waals surface area contributed by atoms with E-state index in [1.807, 2.05) is 18.4 Å². The first kappa shape index (κ1) is 26.2. The maximum absolute atomic E-state index is 13.7. The Bertz CT molecular complexity index is 1170. The van der Waals surface area contributed by atoms with Crippen LogP contribution in [-0.4, -0.2) is 44.4 Å². The van der Waals surface area contributed by atoms with Gasteiger partial charge in [0.05, 0.1) is 24.3 Å². The van der Waals surface area contributed by atoms with Gasteiger partial charge in [0.1, 0.15) is 11.6 Å². The van der Waals surface area contributed by atoms with E-state index in [2.05, 4.69) is 0 Å². The molecule has 0 spiro atoms. The molecular formula is C27H29F2NO5. The monoisotopic (exact) mass is 485 g/mol. The molecule has 35 heavy (non-hydrogen) atoms. The maximum Gasteiger partial charge on any atom is 0.305 e. The van der Waals surface area contributed by atoms with E-state index in [1.54, 1.807) is 24.3 Å². The number of carbonyl (C=O) groups excluding carboxylic acids is 1. The third kappa shape index (κ3) is 6.21. The summed E-state index contributed by atoms with van der Waals surface area (Å²) in [6.07, 6.45) is -1.81. The standard InChI is InChI=1S/C27H29F2NO5/c1-16(2)26-23(15-31)25(17-3-7-19(28)8-4-17)27(18-5-9-20(29)10-6-18)30(26)12-11-21(32)13-22(33)14-24(34)35/h3-10,15-16,21-22,32-33H,11-14H2,1-2H3,(H,34,35)/t21-,22-/m1/s1. The van der Waals surface area contributed by atoms with Crippen molar-refractivity contribution >= 4 is 12.3 Å². The number of hydrogen-bond acceptors (Lipinski definition) is 4. The summed E-state index contributed by atoms with van der Waals surface area (Å²) in [6.45, 7) is 4.10. The number of aliphatic hydroxyl groups is 2. The minimum Gasteiger partial charge on any atom is -0.481 e. The van der Waals surface area contributed by atoms with Gasteiger partial charge in [0.25, 0.3) is 0 Å². The highest BCUT2D eigenvalue weighted by atomic mass is 19.1. The first-order chi connectivity index (χ1) is 16.6. The average Bonchev–Trinajstić information content (AvgIpc) is 3.12. The molecule has 0 bridgehead atoms. The van der Waals surface area contributed by atoms with Crippen molar-refractivity contribution in [1.29, 1.82) is 0 Å². The molecule has 0 aliphatic rings. The van der Waals surface area contributed by atoms with Gasteiger partial charge in [0.15, 0.2) is 6.29 Å². The molecule has 0 aliphatic carbocycles. The van der Waals surface area contributed by atoms with Crippen LogP contribution in [0, 0.1) is 11.6 Å². The molecule has 1 aromatic heterocycles. The van der Waals surface area contributed by atoms with E-state index in [0.29, 0.717) is 33.6 Å². The zero-order valence-corrected chi connectivity index (χ0v) is 19.6. The fraction of sp³-hybridized carbons (Fsp3) is 0.333. The first-order valence-electron chi connectivity index (χ1n) is 11.4. The molecule has 1 heterocycles. The van der Waals surface area contributed by atoms with E-state index in [9.17, 15) is 28.6 Å². The van der Waals surface area contributed by atoms with Gasteiger partial charge >= 0.3 is 5.97 Å². The van der Waals surface area contributed by atoms with Crippen LogP contribution in [0.5, 0.6) is 0 Å². The second kappa shape index (κ2) is 11.4. The molecule has 8 heteroatoms. The summed E-state index contributed by atoms with van der Waals surface area (Å²) in [4.78, 5) is 23.2. The molecule has 0 saturated heterocycles. The van der Waals surface area contributed by atoms with Gasteiger partial charge in [-0.1, -0.05) is 26.0 Å². The molecule has 6 nitrogen and oxygen atoms in total. The van der Waals surface area contributed by atoms with E-state index < -0.39 is 36.2 Å². The highest BCUT2D eigenvalue weighted by Crippen LogP contribution is 2.41. The quantitative estimate of drug-likeness (QED) is 0.332. The lowest BCUT2D eigenvalue weighted by Gasteiger charge is -2.20. The van der Waals surface area contributed by atoms with Crippen molar-refractivity contribution < 1.29 is 33.7 Å². The Morgan fingerprint density at radius 1 is 0.943 bits per heavy atom. The Morgan fingerprint density at radius 3 is 1.97 bits per heavy atom. The van der Waals surface area contributed by atoms with Crippen LogP contribution in [0.2, 0.25) is 0 Å². The van der Waals surface area contributed by atoms with Gasteiger partial charge in [-0.25, -0.2) is 8.78 Å². The van der Waals surface area contributed by atoms with Crippen LogP contribution in [0.4, 0.5) is 8.78 Å². The predicted octanol–water partition coefficient (Wildman–Crippen LogP) is 5.01. The number of nitrogens with zero attached hydrogens (tertiary/aromatic N) is 1. The number of aliphatic carboxylic acids is 1. The third-order valence-electron chi connectivity index (χ3n) is 5.90. The molecule has 0 radical (unpaired) electrons. The van der Waals surface area contributed by atoms with E-state index in [0.717, 1.165) is 6.29 Å². The van der Waals surface area contributed by atoms with Crippen molar-refractivity contribution in [2.75, 3.05) is 0 Å². The molecule has 2 atom stereocenters. The SMILES string of the molecule is CC(C)c1c(C=O)c(-c2ccc(F)cc2)c(-c2ccc(F)cc2)n1CC[C@@H](O)C[C@@H](O)CC(=O)O. The number of halogens is 2. The van der Waals surface area contributed by atoms with Crippen LogP contribution < -0.4 is 0 Å². The predicted molar refractivity (Wildman–Crippen MR) is 128 cm³/mol. The van der Waals surface area contributed by atoms with Crippen molar-refractivity contribution in [2.24, 2.45) is 0 Å². The topological polar surface area (TPSA) is 99.8 Å². The van der Waals surface area contributed by atoms with Gasteiger partial charge in [0, 0.05) is 23.4 Å². The van der Waals surface area contributed by atoms with E-state index >= 15 is 0 Å². The van der Waals surface area contributed by atoms with Crippen LogP contribution in [0.15, 0.2) is 48.5 Å². The number of benzene rings is 2. The highest BCUT2D eigenvalue weighted by molar-refractivity contribution is 5.97. The van der Waals surface area contributed by atoms with E-state index in [-0.39, 0.29) is 25.3 Å². The number of hydrogen-bond donors (Lipinski definition) is 3. The lowest BCUT2D eigenvalue weighted by Crippen LogP contribution is -2.22. The maximum atomic E-state index is 13.7. The van der Waals surface area contributed by atoms with Gasteiger partial charge in [-0.3, -0.25) is 9.59 Å². The molecule has 0 unspecified atom stereocenters. The molecule has 0 aliphatic heterocycles. The molecule has 3 aromatic rings. The number of aldehydes is 1. The number of carboxylic acids is 1. The summed E-state index contributed by atoms with van der Waals surface area (Å²) in [7, 11) is 0. The number of aliphatic hydroxyl groups excluding tert-OH is 2. The fourth-order valence-electron chi connectivity index (χ4n) is 4.44. The molecule has 0 saturated carbocycles. The zero-order chi connectivity index (χ0) is 25.7. The van der Waals surface area contributed by atoms with Crippen molar-refractivity contribution in [3.05, 3.63) is 71.4 Å². The van der Waals surface area contributed by atoms with Gasteiger partial charge in [-0.05, 0) is 66.3 Å². The number of rotatable bonds is 11. The van der Waals surface area contributed by atoms with Gasteiger partial charge in [-0.15, -0.1) is 0 Å². The van der Waals surface area contributed by atoms with E-state index in [1.165, 1.54) is 24.3 Å². The number of aromatic nitrogens is 1. The minimum absolute atomic E-state index is 0.0988. The smallest absolute Gasteiger partial charge is 0.305 e. The lowest BCUT2D eigenvalue weighted by atomic mass is 9.95. The Balaban J connectivity index is 2.13. The Morgan fingerprint density at radius 2 is 1.49 bits per heavy atom. The molecule has 3 N–H and O–H groups in total. The van der Waals surface area contributed by atoms with Crippen LogP contribution in [-0.2, 0) is 11.3 Å². The summed E-state index contributed by atoms with van der Waals surface area (Å²) in [5.74, 6) is -2.09. The summed E-state index contributed by atoms with van der Waals surface area (Å²) >= 11 is 0. The largest absolute Gasteiger partial charge is 0.481 e. The van der Waals surface area contributed by atoms with Crippen LogP contribution in [0.3, 0.4) is 0 Å². The summed E-state index contributed by atoms with van der Waals surface area (Å²) < 4.78 is 29.3. The first-order valence-corrected chi connectivity index (χ1v) is 11.4. The number of carbonyl (C=O) groups is 2. The molecule has 0 fully saturated rings. The van der Waals surface area contributed by atoms with Crippen molar-refractivity contribution in [2.45, 2.75) is 57.8 Å². The van der Waals surface area contributed by atoms with Crippen LogP contribution in [0.25, 0.3) is 22.4 Å². The number of carboxylic acid groups (broad SMARTS) is 1. The highest BCUT2D eigenvalue weighted by Gasteiger charge is 2.27. The lowest BCUT2D eigenvalue weighted by molar-refractivity contribution is -0.139. The van der Waals surface area contributed by atoms with Gasteiger partial charge in [0.2, 0.25) is 0 Å². The van der Waals surface area contributed by atoms with Crippen molar-refractivity contribution in [3.8, 4) is 22.4 Å². The second-order valence-corrected chi connectivity index (χ2v) is 8.89. The Hall–Kier alpha value is -3.36. The third-order valence-corrected chi connectivity index (χ3v) is 5.90. The van der Waals surface area contributed by atoms with Crippen LogP contribution in [0.1, 0.15) is 55.1 Å². The Kier molecular flexibility index (Phi) is 8.53. The fourth-order valence-corrected chi connectivity index (χ4v) is 4.44. The van der Waals surface area contributed by atoms with Crippen molar-refractivity contribution in [1.82, 2.24) is 4.57 Å². The van der Waals surface area contributed by atoms with Crippen molar-refractivity contribution in [3.63, 3.8) is 0 Å². The molecule has 186 valence electrons. The summed E-state index contributed by atoms with van der Waals surface area (Å²) in [5, 5.41) is 29.2. The molecular weight excluding hydrogens is 456 g/mol. The second-order valence-electron chi connectivity index (χ2n) is 8.89. The van der Waals surface area contributed by atoms with E-state index in [4.69, 9.17) is 5.11 Å². The summed E-state index contributed by atoms with van der Waals surface area (Å²) in [5.41, 5.74) is 3.59. The molecule has 2 aromatic carbocycles. The average molecular weight is 486 g/mol. The van der Waals surface area contributed by atoms with Gasteiger partial charge < -0.3 is 19.9 Å². The molecule has 3 rings (SSSR count). The summed E-state index contributed by atoms with van der Waals surface area (Å²) in [6, 6.07) is 11.6. The van der Waals surface area contributed by atoms with Crippen LogP contribution >= 0.6 is 0 Å². The van der Waals surface area contributed by atoms with Gasteiger partial charge in [-0.2, -0.15) is 0 Å². The molecule has 0 amide bonds. The normalized spacial score (nSPS) is 13.1. The zero-order valence-electron chi connectivity index (χ0n) is 19.6.